The molecule has 2 unspecified atom stereocenters. The van der Waals surface area contributed by atoms with Crippen LogP contribution in [0.1, 0.15) is 13.8 Å². The number of aromatic amines is 1. The van der Waals surface area contributed by atoms with Gasteiger partial charge in [0.25, 0.3) is 0 Å². The molecule has 0 spiro atoms. The molecule has 0 radical (unpaired) electrons. The monoisotopic (exact) mass is 449 g/mol. The van der Waals surface area contributed by atoms with Crippen molar-refractivity contribution in [3.05, 3.63) is 70.8 Å². The SMILES string of the molecule is C=CCN1CCN(CCNC(=C)C2=C(C)NC(/C=c3\c(=C)[nH]c4ccc(F)cc34)C2C)CC1. The van der Waals surface area contributed by atoms with Crippen LogP contribution >= 0.6 is 0 Å². The van der Waals surface area contributed by atoms with Crippen molar-refractivity contribution < 1.29 is 4.39 Å². The Morgan fingerprint density at radius 2 is 1.97 bits per heavy atom. The van der Waals surface area contributed by atoms with Crippen molar-refractivity contribution in [2.45, 2.75) is 19.9 Å². The highest BCUT2D eigenvalue weighted by molar-refractivity contribution is 5.81. The van der Waals surface area contributed by atoms with Gasteiger partial charge in [-0.3, -0.25) is 9.80 Å². The third kappa shape index (κ3) is 5.07. The summed E-state index contributed by atoms with van der Waals surface area (Å²) in [5.41, 5.74) is 4.24. The number of aromatic nitrogens is 1. The summed E-state index contributed by atoms with van der Waals surface area (Å²) >= 11 is 0. The first-order valence-corrected chi connectivity index (χ1v) is 11.8. The molecule has 2 aliphatic rings. The second kappa shape index (κ2) is 9.98. The van der Waals surface area contributed by atoms with Crippen LogP contribution < -0.4 is 21.2 Å². The van der Waals surface area contributed by atoms with Gasteiger partial charge in [-0.25, -0.2) is 4.39 Å². The fraction of sp³-hybridized carbons (Fsp3) is 0.407. The number of hydrogen-bond acceptors (Lipinski definition) is 4. The number of hydrogen-bond donors (Lipinski definition) is 3. The molecule has 176 valence electrons. The van der Waals surface area contributed by atoms with E-state index in [0.29, 0.717) is 0 Å². The lowest BCUT2D eigenvalue weighted by molar-refractivity contribution is 0.144. The van der Waals surface area contributed by atoms with E-state index < -0.39 is 0 Å². The molecule has 1 aromatic carbocycles. The predicted octanol–water partition coefficient (Wildman–Crippen LogP) is 2.29. The Balaban J connectivity index is 1.38. The van der Waals surface area contributed by atoms with Crippen LogP contribution in [0.3, 0.4) is 0 Å². The molecule has 2 aliphatic heterocycles. The fourth-order valence-electron chi connectivity index (χ4n) is 5.11. The van der Waals surface area contributed by atoms with E-state index in [2.05, 4.69) is 65.1 Å². The van der Waals surface area contributed by atoms with Gasteiger partial charge in [-0.15, -0.1) is 6.58 Å². The summed E-state index contributed by atoms with van der Waals surface area (Å²) in [6.07, 6.45) is 4.14. The van der Waals surface area contributed by atoms with E-state index in [9.17, 15) is 4.39 Å². The van der Waals surface area contributed by atoms with Crippen molar-refractivity contribution in [1.82, 2.24) is 25.4 Å². The fourth-order valence-corrected chi connectivity index (χ4v) is 5.11. The Bertz CT molecular complexity index is 1170. The molecule has 4 rings (SSSR count). The predicted molar refractivity (Wildman–Crippen MR) is 137 cm³/mol. The lowest BCUT2D eigenvalue weighted by Crippen LogP contribution is -2.47. The number of piperazine rings is 1. The van der Waals surface area contributed by atoms with E-state index in [0.717, 1.165) is 78.7 Å². The van der Waals surface area contributed by atoms with Crippen molar-refractivity contribution in [2.75, 3.05) is 45.8 Å². The van der Waals surface area contributed by atoms with Crippen molar-refractivity contribution >= 4 is 23.6 Å². The van der Waals surface area contributed by atoms with Crippen LogP contribution in [0.5, 0.6) is 0 Å². The van der Waals surface area contributed by atoms with Crippen molar-refractivity contribution in [2.24, 2.45) is 5.92 Å². The van der Waals surface area contributed by atoms with E-state index in [4.69, 9.17) is 0 Å². The average molecular weight is 450 g/mol. The highest BCUT2D eigenvalue weighted by Crippen LogP contribution is 2.30. The molecule has 0 bridgehead atoms. The second-order valence-corrected chi connectivity index (χ2v) is 9.21. The Kier molecular flexibility index (Phi) is 7.05. The molecule has 3 N–H and O–H groups in total. The van der Waals surface area contributed by atoms with Gasteiger partial charge in [-0.05, 0) is 30.7 Å². The molecule has 33 heavy (non-hydrogen) atoms. The summed E-state index contributed by atoms with van der Waals surface area (Å²) in [5, 5.41) is 9.78. The number of H-pyrrole nitrogens is 1. The quantitative estimate of drug-likeness (QED) is 0.541. The lowest BCUT2D eigenvalue weighted by Gasteiger charge is -2.34. The highest BCUT2D eigenvalue weighted by atomic mass is 19.1. The van der Waals surface area contributed by atoms with E-state index in [1.165, 1.54) is 11.6 Å². The number of halogens is 1. The second-order valence-electron chi connectivity index (χ2n) is 9.21. The maximum atomic E-state index is 13.9. The van der Waals surface area contributed by atoms with Crippen molar-refractivity contribution in [1.29, 1.82) is 0 Å². The van der Waals surface area contributed by atoms with Gasteiger partial charge in [-0.1, -0.05) is 32.2 Å². The topological polar surface area (TPSA) is 46.3 Å². The summed E-state index contributed by atoms with van der Waals surface area (Å²) in [6.45, 7) is 23.9. The molecule has 2 atom stereocenters. The summed E-state index contributed by atoms with van der Waals surface area (Å²) < 4.78 is 13.9. The highest BCUT2D eigenvalue weighted by Gasteiger charge is 2.29. The van der Waals surface area contributed by atoms with Crippen molar-refractivity contribution in [3.63, 3.8) is 0 Å². The molecule has 6 heteroatoms. The van der Waals surface area contributed by atoms with Crippen LogP contribution in [0.15, 0.2) is 54.4 Å². The first kappa shape index (κ1) is 23.3. The smallest absolute Gasteiger partial charge is 0.123 e. The minimum atomic E-state index is -0.238. The number of benzene rings is 1. The zero-order chi connectivity index (χ0) is 23.5. The van der Waals surface area contributed by atoms with Crippen LogP contribution in [0.4, 0.5) is 4.39 Å². The van der Waals surface area contributed by atoms with Gasteiger partial charge in [0.2, 0.25) is 0 Å². The molecule has 0 amide bonds. The molecule has 1 aromatic heterocycles. The largest absolute Gasteiger partial charge is 0.384 e. The number of fused-ring (bicyclic) bond motifs is 1. The Hall–Kier alpha value is -2.83. The van der Waals surface area contributed by atoms with Crippen LogP contribution in [0.25, 0.3) is 23.6 Å². The zero-order valence-electron chi connectivity index (χ0n) is 19.9. The minimum Gasteiger partial charge on any atom is -0.384 e. The Morgan fingerprint density at radius 3 is 2.70 bits per heavy atom. The molecule has 3 heterocycles. The summed E-state index contributed by atoms with van der Waals surface area (Å²) in [4.78, 5) is 8.20. The maximum Gasteiger partial charge on any atom is 0.123 e. The van der Waals surface area contributed by atoms with Crippen LogP contribution in [-0.2, 0) is 0 Å². The number of nitrogens with one attached hydrogen (secondary N) is 3. The maximum absolute atomic E-state index is 13.9. The Labute approximate surface area is 196 Å². The van der Waals surface area contributed by atoms with Crippen molar-refractivity contribution in [3.8, 4) is 0 Å². The van der Waals surface area contributed by atoms with Crippen LogP contribution in [0.2, 0.25) is 0 Å². The van der Waals surface area contributed by atoms with Gasteiger partial charge in [0.05, 0.1) is 6.04 Å². The van der Waals surface area contributed by atoms with Crippen LogP contribution in [0, 0.1) is 11.7 Å². The van der Waals surface area contributed by atoms with E-state index >= 15 is 0 Å². The first-order valence-electron chi connectivity index (χ1n) is 11.8. The van der Waals surface area contributed by atoms with Gasteiger partial charge in [-0.2, -0.15) is 0 Å². The van der Waals surface area contributed by atoms with E-state index in [1.54, 1.807) is 12.1 Å². The zero-order valence-corrected chi connectivity index (χ0v) is 19.9. The third-order valence-corrected chi connectivity index (χ3v) is 6.95. The molecule has 2 aromatic rings. The standard InChI is InChI=1S/C27H36FN5/c1-6-10-32-12-14-33(15-13-32)11-9-29-20(4)27-18(2)26(31-21(27)5)17-23-19(3)30-25-8-7-22(28)16-24(23)25/h6-8,16-18,26,29-31H,1,3-4,9-15H2,2,5H3/b23-17+. The van der Waals surface area contributed by atoms with Crippen LogP contribution in [-0.4, -0.2) is 66.6 Å². The number of rotatable bonds is 8. The molecule has 1 saturated heterocycles. The average Bonchev–Trinajstić information content (AvgIpc) is 3.24. The third-order valence-electron chi connectivity index (χ3n) is 6.95. The molecule has 0 aliphatic carbocycles. The molecule has 0 saturated carbocycles. The van der Waals surface area contributed by atoms with Gasteiger partial charge in [0, 0.05) is 84.6 Å². The van der Waals surface area contributed by atoms with Gasteiger partial charge < -0.3 is 15.6 Å². The normalized spacial score (nSPS) is 22.7. The summed E-state index contributed by atoms with van der Waals surface area (Å²) in [6, 6.07) is 4.91. The van der Waals surface area contributed by atoms with E-state index in [1.807, 2.05) is 6.08 Å². The minimum absolute atomic E-state index is 0.0965. The lowest BCUT2D eigenvalue weighted by atomic mass is 9.93. The Morgan fingerprint density at radius 1 is 1.24 bits per heavy atom. The first-order chi connectivity index (χ1) is 15.9. The number of allylic oxidation sites excluding steroid dienone is 2. The number of nitrogens with zero attached hydrogens (tertiary/aromatic N) is 2. The summed E-state index contributed by atoms with van der Waals surface area (Å²) in [7, 11) is 0. The van der Waals surface area contributed by atoms with Gasteiger partial charge >= 0.3 is 0 Å². The molecule has 5 nitrogen and oxygen atoms in total. The van der Waals surface area contributed by atoms with Gasteiger partial charge in [0.1, 0.15) is 5.82 Å². The molecule has 1 fully saturated rings. The molecular formula is C27H36FN5. The van der Waals surface area contributed by atoms with E-state index in [-0.39, 0.29) is 17.8 Å². The molecular weight excluding hydrogens is 413 g/mol. The summed E-state index contributed by atoms with van der Waals surface area (Å²) in [5.74, 6) is 0.00336. The van der Waals surface area contributed by atoms with Gasteiger partial charge in [0.15, 0.2) is 0 Å².